The SMILES string of the molecule is COc1ccc2c(C#N)cn(-c3ccc4c(c3)OCO4)c2c1. The molecule has 108 valence electrons. The minimum atomic E-state index is 0.239. The van der Waals surface area contributed by atoms with Crippen LogP contribution in [0, 0.1) is 11.3 Å². The summed E-state index contributed by atoms with van der Waals surface area (Å²) >= 11 is 0. The standard InChI is InChI=1S/C17H12N2O3/c1-20-13-3-4-14-11(8-18)9-19(15(14)7-13)12-2-5-16-17(6-12)22-10-21-16/h2-7,9H,10H2,1H3. The summed E-state index contributed by atoms with van der Waals surface area (Å²) < 4.78 is 18.0. The van der Waals surface area contributed by atoms with Crippen LogP contribution in [0.25, 0.3) is 16.6 Å². The van der Waals surface area contributed by atoms with Gasteiger partial charge in [-0.3, -0.25) is 0 Å². The Balaban J connectivity index is 1.96. The van der Waals surface area contributed by atoms with Gasteiger partial charge in [0.15, 0.2) is 11.5 Å². The number of methoxy groups -OCH3 is 1. The third-order valence-electron chi connectivity index (χ3n) is 3.77. The first-order valence-corrected chi connectivity index (χ1v) is 6.79. The van der Waals surface area contributed by atoms with E-state index in [2.05, 4.69) is 6.07 Å². The maximum atomic E-state index is 9.34. The van der Waals surface area contributed by atoms with E-state index in [1.807, 2.05) is 47.2 Å². The van der Waals surface area contributed by atoms with Crippen LogP contribution in [0.2, 0.25) is 0 Å². The molecule has 1 aliphatic rings. The quantitative estimate of drug-likeness (QED) is 0.727. The third kappa shape index (κ3) is 1.78. The van der Waals surface area contributed by atoms with Gasteiger partial charge in [-0.2, -0.15) is 5.26 Å². The second-order valence-electron chi connectivity index (χ2n) is 4.95. The van der Waals surface area contributed by atoms with Crippen LogP contribution >= 0.6 is 0 Å². The lowest BCUT2D eigenvalue weighted by Gasteiger charge is -2.07. The molecule has 0 bridgehead atoms. The first-order valence-electron chi connectivity index (χ1n) is 6.79. The molecule has 3 aromatic rings. The molecule has 2 heterocycles. The predicted octanol–water partition coefficient (Wildman–Crippen LogP) is 3.24. The first kappa shape index (κ1) is 12.6. The summed E-state index contributed by atoms with van der Waals surface area (Å²) in [6.07, 6.45) is 1.82. The Labute approximate surface area is 126 Å². The van der Waals surface area contributed by atoms with Gasteiger partial charge in [0.1, 0.15) is 11.8 Å². The Morgan fingerprint density at radius 1 is 1.14 bits per heavy atom. The fraction of sp³-hybridized carbons (Fsp3) is 0.118. The highest BCUT2D eigenvalue weighted by atomic mass is 16.7. The highest BCUT2D eigenvalue weighted by molar-refractivity contribution is 5.89. The molecule has 0 radical (unpaired) electrons. The van der Waals surface area contributed by atoms with Crippen molar-refractivity contribution in [3.05, 3.63) is 48.2 Å². The second-order valence-corrected chi connectivity index (χ2v) is 4.95. The maximum absolute atomic E-state index is 9.34. The van der Waals surface area contributed by atoms with Crippen molar-refractivity contribution >= 4 is 10.9 Å². The van der Waals surface area contributed by atoms with Crippen LogP contribution in [-0.2, 0) is 0 Å². The Morgan fingerprint density at radius 2 is 2.00 bits per heavy atom. The molecule has 0 saturated carbocycles. The Bertz CT molecular complexity index is 922. The van der Waals surface area contributed by atoms with Crippen molar-refractivity contribution in [3.8, 4) is 29.0 Å². The smallest absolute Gasteiger partial charge is 0.231 e. The summed E-state index contributed by atoms with van der Waals surface area (Å²) in [5.74, 6) is 2.19. The van der Waals surface area contributed by atoms with Gasteiger partial charge in [0.05, 0.1) is 18.2 Å². The lowest BCUT2D eigenvalue weighted by atomic mass is 10.2. The minimum Gasteiger partial charge on any atom is -0.497 e. The molecule has 0 fully saturated rings. The topological polar surface area (TPSA) is 56.4 Å². The number of nitriles is 1. The molecule has 0 atom stereocenters. The zero-order chi connectivity index (χ0) is 15.1. The predicted molar refractivity (Wildman–Crippen MR) is 80.7 cm³/mol. The van der Waals surface area contributed by atoms with Gasteiger partial charge in [0, 0.05) is 29.4 Å². The summed E-state index contributed by atoms with van der Waals surface area (Å²) in [6.45, 7) is 0.239. The van der Waals surface area contributed by atoms with E-state index in [0.717, 1.165) is 28.1 Å². The molecule has 0 amide bonds. The minimum absolute atomic E-state index is 0.239. The summed E-state index contributed by atoms with van der Waals surface area (Å²) in [6, 6.07) is 13.6. The van der Waals surface area contributed by atoms with Crippen LogP contribution in [0.5, 0.6) is 17.2 Å². The van der Waals surface area contributed by atoms with Crippen molar-refractivity contribution in [1.29, 1.82) is 5.26 Å². The van der Waals surface area contributed by atoms with E-state index in [0.29, 0.717) is 11.3 Å². The van der Waals surface area contributed by atoms with E-state index in [1.165, 1.54) is 0 Å². The molecule has 4 rings (SSSR count). The van der Waals surface area contributed by atoms with Gasteiger partial charge < -0.3 is 18.8 Å². The van der Waals surface area contributed by atoms with Crippen LogP contribution in [-0.4, -0.2) is 18.5 Å². The van der Waals surface area contributed by atoms with E-state index in [4.69, 9.17) is 14.2 Å². The molecule has 5 nitrogen and oxygen atoms in total. The van der Waals surface area contributed by atoms with Gasteiger partial charge >= 0.3 is 0 Å². The van der Waals surface area contributed by atoms with Crippen molar-refractivity contribution in [1.82, 2.24) is 4.57 Å². The molecule has 0 spiro atoms. The number of benzene rings is 2. The van der Waals surface area contributed by atoms with Crippen LogP contribution in [0.15, 0.2) is 42.6 Å². The highest BCUT2D eigenvalue weighted by Gasteiger charge is 2.16. The van der Waals surface area contributed by atoms with E-state index in [-0.39, 0.29) is 6.79 Å². The van der Waals surface area contributed by atoms with Gasteiger partial charge in [0.2, 0.25) is 6.79 Å². The van der Waals surface area contributed by atoms with Crippen molar-refractivity contribution in [2.45, 2.75) is 0 Å². The highest BCUT2D eigenvalue weighted by Crippen LogP contribution is 2.35. The van der Waals surface area contributed by atoms with E-state index in [9.17, 15) is 5.26 Å². The van der Waals surface area contributed by atoms with E-state index in [1.54, 1.807) is 7.11 Å². The lowest BCUT2D eigenvalue weighted by Crippen LogP contribution is -1.93. The monoisotopic (exact) mass is 292 g/mol. The summed E-state index contributed by atoms with van der Waals surface area (Å²) in [4.78, 5) is 0. The first-order chi connectivity index (χ1) is 10.8. The molecule has 1 aliphatic heterocycles. The van der Waals surface area contributed by atoms with Crippen molar-refractivity contribution < 1.29 is 14.2 Å². The van der Waals surface area contributed by atoms with Gasteiger partial charge in [-0.25, -0.2) is 0 Å². The number of ether oxygens (including phenoxy) is 3. The fourth-order valence-electron chi connectivity index (χ4n) is 2.67. The Morgan fingerprint density at radius 3 is 2.82 bits per heavy atom. The Hall–Kier alpha value is -3.13. The lowest BCUT2D eigenvalue weighted by molar-refractivity contribution is 0.174. The molecule has 0 saturated heterocycles. The van der Waals surface area contributed by atoms with Crippen LogP contribution in [0.1, 0.15) is 5.56 Å². The van der Waals surface area contributed by atoms with Crippen molar-refractivity contribution in [3.63, 3.8) is 0 Å². The molecule has 5 heteroatoms. The summed E-state index contributed by atoms with van der Waals surface area (Å²) in [5.41, 5.74) is 2.44. The summed E-state index contributed by atoms with van der Waals surface area (Å²) in [7, 11) is 1.63. The third-order valence-corrected chi connectivity index (χ3v) is 3.77. The molecule has 22 heavy (non-hydrogen) atoms. The molecular formula is C17H12N2O3. The normalized spacial score (nSPS) is 12.4. The number of aromatic nitrogens is 1. The zero-order valence-corrected chi connectivity index (χ0v) is 11.9. The number of nitrogens with zero attached hydrogens (tertiary/aromatic N) is 2. The average Bonchev–Trinajstić information content (AvgIpc) is 3.17. The number of hydrogen-bond acceptors (Lipinski definition) is 4. The van der Waals surface area contributed by atoms with E-state index < -0.39 is 0 Å². The van der Waals surface area contributed by atoms with Crippen LogP contribution in [0.4, 0.5) is 0 Å². The molecule has 2 aromatic carbocycles. The molecule has 0 unspecified atom stereocenters. The Kier molecular flexibility index (Phi) is 2.70. The van der Waals surface area contributed by atoms with E-state index >= 15 is 0 Å². The van der Waals surface area contributed by atoms with Crippen molar-refractivity contribution in [2.24, 2.45) is 0 Å². The maximum Gasteiger partial charge on any atom is 0.231 e. The van der Waals surface area contributed by atoms with Crippen LogP contribution < -0.4 is 14.2 Å². The number of rotatable bonds is 2. The molecular weight excluding hydrogens is 280 g/mol. The zero-order valence-electron chi connectivity index (χ0n) is 11.9. The summed E-state index contributed by atoms with van der Waals surface area (Å²) in [5, 5.41) is 10.2. The van der Waals surface area contributed by atoms with Crippen LogP contribution in [0.3, 0.4) is 0 Å². The molecule has 0 N–H and O–H groups in total. The van der Waals surface area contributed by atoms with Gasteiger partial charge in [-0.15, -0.1) is 0 Å². The van der Waals surface area contributed by atoms with Gasteiger partial charge in [0.25, 0.3) is 0 Å². The number of fused-ring (bicyclic) bond motifs is 2. The van der Waals surface area contributed by atoms with Gasteiger partial charge in [-0.1, -0.05) is 0 Å². The second kappa shape index (κ2) is 4.71. The average molecular weight is 292 g/mol. The molecule has 1 aromatic heterocycles. The van der Waals surface area contributed by atoms with Gasteiger partial charge in [-0.05, 0) is 24.3 Å². The molecule has 0 aliphatic carbocycles. The largest absolute Gasteiger partial charge is 0.497 e. The number of hydrogen-bond donors (Lipinski definition) is 0. The fourth-order valence-corrected chi connectivity index (χ4v) is 2.67. The van der Waals surface area contributed by atoms with Crippen molar-refractivity contribution in [2.75, 3.05) is 13.9 Å².